The molecule has 0 heterocycles. The summed E-state index contributed by atoms with van der Waals surface area (Å²) in [7, 11) is 0. The molecule has 0 saturated heterocycles. The molecule has 1 amide bonds. The molecule has 0 aromatic carbocycles. The second-order valence-corrected chi connectivity index (χ2v) is 15.8. The Morgan fingerprint density at radius 3 is 1.50 bits per heavy atom. The van der Waals surface area contributed by atoms with Gasteiger partial charge in [-0.25, -0.2) is 4.79 Å². The molecule has 54 heavy (non-hydrogen) atoms. The number of nitrogens with two attached hydrogens (primary N) is 1. The first-order valence-corrected chi connectivity index (χ1v) is 23.2. The summed E-state index contributed by atoms with van der Waals surface area (Å²) in [6.45, 7) is 4.93. The number of carboxylic acid groups (broad SMARTS) is 1. The monoisotopic (exact) mass is 761 g/mol. The first kappa shape index (κ1) is 51.9. The molecule has 0 radical (unpaired) electrons. The fourth-order valence-electron chi connectivity index (χ4n) is 7.02. The Morgan fingerprint density at radius 1 is 0.537 bits per heavy atom. The Kier molecular flexibility index (Phi) is 40.3. The van der Waals surface area contributed by atoms with Crippen LogP contribution in [0.5, 0.6) is 0 Å². The zero-order chi connectivity index (χ0) is 39.6. The normalized spacial score (nSPS) is 12.8. The number of aliphatic carboxylic acids is 1. The van der Waals surface area contributed by atoms with Gasteiger partial charge in [0.05, 0.1) is 0 Å². The van der Waals surface area contributed by atoms with E-state index in [4.69, 9.17) is 10.5 Å². The third-order valence-corrected chi connectivity index (χ3v) is 10.5. The number of rotatable bonds is 42. The maximum atomic E-state index is 12.8. The fraction of sp³-hybridized carbons (Fsp3) is 0.851. The van der Waals surface area contributed by atoms with Gasteiger partial charge >= 0.3 is 11.9 Å². The summed E-state index contributed by atoms with van der Waals surface area (Å²) in [5, 5.41) is 11.9. The number of nitrogens with one attached hydrogen (secondary N) is 1. The third kappa shape index (κ3) is 38.1. The zero-order valence-corrected chi connectivity index (χ0v) is 35.6. The molecule has 0 aromatic heterocycles. The van der Waals surface area contributed by atoms with Crippen molar-refractivity contribution in [3.63, 3.8) is 0 Å². The summed E-state index contributed by atoms with van der Waals surface area (Å²) in [5.41, 5.74) is 5.49. The molecular formula is C47H88N2O5. The molecule has 0 aliphatic rings. The number of ether oxygens (including phenoxy) is 1. The van der Waals surface area contributed by atoms with E-state index in [2.05, 4.69) is 43.5 Å². The average molecular weight is 761 g/mol. The summed E-state index contributed by atoms with van der Waals surface area (Å²) in [5.74, 6) is -1.25. The van der Waals surface area contributed by atoms with Crippen LogP contribution in [0.3, 0.4) is 0 Å². The maximum Gasteiger partial charge on any atom is 0.326 e. The molecule has 316 valence electrons. The van der Waals surface area contributed by atoms with Gasteiger partial charge < -0.3 is 20.9 Å². The van der Waals surface area contributed by atoms with Crippen LogP contribution in [0.2, 0.25) is 0 Å². The van der Waals surface area contributed by atoms with E-state index < -0.39 is 12.0 Å². The number of esters is 1. The molecular weight excluding hydrogens is 673 g/mol. The van der Waals surface area contributed by atoms with Crippen LogP contribution < -0.4 is 11.1 Å². The number of allylic oxidation sites excluding steroid dienone is 4. The van der Waals surface area contributed by atoms with E-state index in [1.807, 2.05) is 0 Å². The maximum absolute atomic E-state index is 12.8. The van der Waals surface area contributed by atoms with Crippen LogP contribution in [0.4, 0.5) is 0 Å². The highest BCUT2D eigenvalue weighted by Crippen LogP contribution is 2.18. The molecule has 0 spiro atoms. The quantitative estimate of drug-likeness (QED) is 0.0324. The fourth-order valence-corrected chi connectivity index (χ4v) is 7.02. The minimum absolute atomic E-state index is 0.0255. The molecule has 0 aliphatic heterocycles. The van der Waals surface area contributed by atoms with Crippen molar-refractivity contribution in [1.29, 1.82) is 0 Å². The van der Waals surface area contributed by atoms with Crippen LogP contribution in [-0.2, 0) is 19.1 Å². The highest BCUT2D eigenvalue weighted by molar-refractivity contribution is 5.83. The van der Waals surface area contributed by atoms with E-state index in [1.54, 1.807) is 0 Å². The van der Waals surface area contributed by atoms with Crippen LogP contribution in [0, 0.1) is 0 Å². The van der Waals surface area contributed by atoms with E-state index >= 15 is 0 Å². The molecule has 7 heteroatoms. The number of unbranched alkanes of at least 4 members (excludes halogenated alkanes) is 24. The van der Waals surface area contributed by atoms with Crippen molar-refractivity contribution in [2.75, 3.05) is 6.54 Å². The number of carbonyl (C=O) groups excluding carboxylic acids is 2. The smallest absolute Gasteiger partial charge is 0.326 e. The lowest BCUT2D eigenvalue weighted by Gasteiger charge is -2.18. The van der Waals surface area contributed by atoms with E-state index in [9.17, 15) is 19.5 Å². The van der Waals surface area contributed by atoms with Gasteiger partial charge in [0.15, 0.2) is 0 Å². The van der Waals surface area contributed by atoms with Crippen molar-refractivity contribution in [2.24, 2.45) is 5.73 Å². The lowest BCUT2D eigenvalue weighted by molar-refractivity contribution is -0.150. The Balaban J connectivity index is 4.28. The van der Waals surface area contributed by atoms with Gasteiger partial charge in [0, 0.05) is 12.8 Å². The molecule has 0 aromatic rings. The second kappa shape index (κ2) is 42.0. The van der Waals surface area contributed by atoms with Crippen LogP contribution in [0.15, 0.2) is 24.3 Å². The van der Waals surface area contributed by atoms with E-state index in [-0.39, 0.29) is 18.0 Å². The average Bonchev–Trinajstić information content (AvgIpc) is 3.16. The Bertz CT molecular complexity index is 905. The van der Waals surface area contributed by atoms with Gasteiger partial charge in [-0.15, -0.1) is 0 Å². The van der Waals surface area contributed by atoms with E-state index in [0.29, 0.717) is 32.2 Å². The minimum atomic E-state index is -1.01. The molecule has 0 saturated carbocycles. The molecule has 0 fully saturated rings. The summed E-state index contributed by atoms with van der Waals surface area (Å²) < 4.78 is 6.03. The van der Waals surface area contributed by atoms with Gasteiger partial charge in [-0.3, -0.25) is 9.59 Å². The largest absolute Gasteiger partial charge is 0.480 e. The first-order valence-electron chi connectivity index (χ1n) is 23.2. The van der Waals surface area contributed by atoms with Crippen LogP contribution in [0.1, 0.15) is 239 Å². The highest BCUT2D eigenvalue weighted by Gasteiger charge is 2.19. The number of amides is 1. The molecule has 0 rings (SSSR count). The minimum Gasteiger partial charge on any atom is -0.480 e. The van der Waals surface area contributed by atoms with E-state index in [0.717, 1.165) is 77.0 Å². The van der Waals surface area contributed by atoms with Crippen molar-refractivity contribution >= 4 is 17.8 Å². The highest BCUT2D eigenvalue weighted by atomic mass is 16.5. The van der Waals surface area contributed by atoms with Gasteiger partial charge in [0.2, 0.25) is 5.91 Å². The van der Waals surface area contributed by atoms with Gasteiger partial charge in [0.25, 0.3) is 0 Å². The number of hydrogen-bond acceptors (Lipinski definition) is 5. The lowest BCUT2D eigenvalue weighted by Crippen LogP contribution is -2.40. The van der Waals surface area contributed by atoms with Crippen LogP contribution in [-0.4, -0.2) is 41.6 Å². The standard InChI is InChI=1S/C47H88N2O5/c1-3-5-7-9-11-13-15-16-17-18-19-20-22-24-26-31-35-41-46(51)54-43(37-32-28-25-23-21-14-12-10-8-6-4-2)38-33-29-27-30-34-40-45(50)49-44(47(52)53)39-36-42-48/h12,14,23,25,43-44H,3-11,13,15-22,24,26-42,48H2,1-2H3,(H,49,50)(H,52,53)/b14-12-,25-23-. The molecule has 7 nitrogen and oxygen atoms in total. The first-order chi connectivity index (χ1) is 26.4. The molecule has 2 atom stereocenters. The van der Waals surface area contributed by atoms with Crippen molar-refractivity contribution in [1.82, 2.24) is 5.32 Å². The summed E-state index contributed by atoms with van der Waals surface area (Å²) >= 11 is 0. The van der Waals surface area contributed by atoms with E-state index in [1.165, 1.54) is 122 Å². The summed E-state index contributed by atoms with van der Waals surface area (Å²) in [4.78, 5) is 36.4. The lowest BCUT2D eigenvalue weighted by atomic mass is 10.0. The van der Waals surface area contributed by atoms with Gasteiger partial charge in [0.1, 0.15) is 12.1 Å². The molecule has 0 aliphatic carbocycles. The number of carboxylic acids is 1. The van der Waals surface area contributed by atoms with Crippen molar-refractivity contribution in [2.45, 2.75) is 251 Å². The number of hydrogen-bond donors (Lipinski definition) is 3. The molecule has 0 bridgehead atoms. The van der Waals surface area contributed by atoms with Crippen molar-refractivity contribution in [3.8, 4) is 0 Å². The Labute approximate surface area is 333 Å². The van der Waals surface area contributed by atoms with Crippen molar-refractivity contribution < 1.29 is 24.2 Å². The molecule has 4 N–H and O–H groups in total. The Morgan fingerprint density at radius 2 is 0.981 bits per heavy atom. The molecule has 2 unspecified atom stereocenters. The second-order valence-electron chi connectivity index (χ2n) is 15.8. The third-order valence-electron chi connectivity index (χ3n) is 10.5. The van der Waals surface area contributed by atoms with Crippen LogP contribution in [0.25, 0.3) is 0 Å². The number of carbonyl (C=O) groups is 3. The zero-order valence-electron chi connectivity index (χ0n) is 35.6. The summed E-state index contributed by atoms with van der Waals surface area (Å²) in [6.07, 6.45) is 48.0. The summed E-state index contributed by atoms with van der Waals surface area (Å²) in [6, 6.07) is -0.859. The SMILES string of the molecule is CCCCC/C=C\C/C=C\CCCC(CCCCCCCC(=O)NC(CCCN)C(=O)O)OC(=O)CCCCCCCCCCCCCCCCCCC. The van der Waals surface area contributed by atoms with Gasteiger partial charge in [-0.2, -0.15) is 0 Å². The Hall–Kier alpha value is -2.15. The van der Waals surface area contributed by atoms with Crippen molar-refractivity contribution in [3.05, 3.63) is 24.3 Å². The topological polar surface area (TPSA) is 119 Å². The van der Waals surface area contributed by atoms with Crippen LogP contribution >= 0.6 is 0 Å². The predicted molar refractivity (Wildman–Crippen MR) is 230 cm³/mol. The van der Waals surface area contributed by atoms with Gasteiger partial charge in [-0.1, -0.05) is 173 Å². The van der Waals surface area contributed by atoms with Gasteiger partial charge in [-0.05, 0) is 83.6 Å². The predicted octanol–water partition coefficient (Wildman–Crippen LogP) is 13.2.